The number of allylic oxidation sites excluding steroid dienone is 1. The van der Waals surface area contributed by atoms with Gasteiger partial charge in [-0.05, 0) is 74.1 Å². The Hall–Kier alpha value is -3.18. The van der Waals surface area contributed by atoms with Crippen LogP contribution < -0.4 is 9.47 Å². The van der Waals surface area contributed by atoms with Crippen LogP contribution in [-0.2, 0) is 16.0 Å². The van der Waals surface area contributed by atoms with Crippen LogP contribution >= 0.6 is 11.6 Å². The summed E-state index contributed by atoms with van der Waals surface area (Å²) in [6.07, 6.45) is 14.6. The third kappa shape index (κ3) is 7.31. The molecule has 1 saturated carbocycles. The number of ether oxygens (including phenoxy) is 3. The number of nitrogens with zero attached hydrogens (tertiary/aromatic N) is 4. The van der Waals surface area contributed by atoms with E-state index in [2.05, 4.69) is 40.8 Å². The number of alkyl halides is 1. The normalized spacial score (nSPS) is 26.9. The Balaban J connectivity index is 1.76. The summed E-state index contributed by atoms with van der Waals surface area (Å²) in [4.78, 5) is 5.50. The molecule has 256 valence electrons. The van der Waals surface area contributed by atoms with Crippen molar-refractivity contribution in [1.29, 1.82) is 0 Å². The van der Waals surface area contributed by atoms with Crippen LogP contribution in [0, 0.1) is 17.8 Å². The predicted octanol–water partition coefficient (Wildman–Crippen LogP) is 6.15. The molecule has 0 radical (unpaired) electrons. The van der Waals surface area contributed by atoms with Gasteiger partial charge in [0.2, 0.25) is 5.79 Å². The molecule has 0 bridgehead atoms. The van der Waals surface area contributed by atoms with Crippen molar-refractivity contribution in [3.05, 3.63) is 72.6 Å². The molecule has 47 heavy (non-hydrogen) atoms. The number of aliphatic hydroxyl groups excluding tert-OH is 2. The molecule has 2 N–H and O–H groups in total. The van der Waals surface area contributed by atoms with Gasteiger partial charge in [-0.15, -0.1) is 23.3 Å². The van der Waals surface area contributed by atoms with E-state index in [0.29, 0.717) is 25.3 Å². The maximum atomic E-state index is 9.77. The molecule has 0 saturated heterocycles. The number of oxime groups is 1. The van der Waals surface area contributed by atoms with Gasteiger partial charge in [0.25, 0.3) is 0 Å². The highest BCUT2D eigenvalue weighted by atomic mass is 35.5. The lowest BCUT2D eigenvalue weighted by Gasteiger charge is -2.58. The molecule has 2 aliphatic carbocycles. The summed E-state index contributed by atoms with van der Waals surface area (Å²) in [5.41, 5.74) is 3.88. The number of hydrogen-bond acceptors (Lipinski definition) is 9. The van der Waals surface area contributed by atoms with Gasteiger partial charge in [-0.25, -0.2) is 4.68 Å². The Labute approximate surface area is 283 Å². The summed E-state index contributed by atoms with van der Waals surface area (Å²) < 4.78 is 22.1. The van der Waals surface area contributed by atoms with Crippen molar-refractivity contribution >= 4 is 17.3 Å². The van der Waals surface area contributed by atoms with Crippen molar-refractivity contribution in [2.75, 3.05) is 39.4 Å². The van der Waals surface area contributed by atoms with Gasteiger partial charge in [-0.2, -0.15) is 0 Å². The first-order valence-electron chi connectivity index (χ1n) is 16.9. The Bertz CT molecular complexity index is 1410. The van der Waals surface area contributed by atoms with Crippen LogP contribution in [0.1, 0.15) is 74.6 Å². The van der Waals surface area contributed by atoms with Crippen LogP contribution in [0.15, 0.2) is 66.5 Å². The molecular formula is C36H49ClN4O6. The highest BCUT2D eigenvalue weighted by molar-refractivity contribution is 6.17. The van der Waals surface area contributed by atoms with E-state index < -0.39 is 11.8 Å². The second kappa shape index (κ2) is 16.8. The number of aryl methyl sites for hydroxylation is 1. The third-order valence-electron chi connectivity index (χ3n) is 9.72. The topological polar surface area (TPSA) is 120 Å². The first-order chi connectivity index (χ1) is 23.1. The molecular weight excluding hydrogens is 620 g/mol. The number of fused-ring (bicyclic) bond motifs is 2. The second-order valence-corrected chi connectivity index (χ2v) is 12.9. The summed E-state index contributed by atoms with van der Waals surface area (Å²) in [7, 11) is 1.58. The monoisotopic (exact) mass is 668 g/mol. The number of hydrogen-bond donors (Lipinski definition) is 2. The zero-order chi connectivity index (χ0) is 33.2. The van der Waals surface area contributed by atoms with E-state index in [1.54, 1.807) is 25.5 Å². The number of aliphatic hydroxyl groups is 2. The second-order valence-electron chi connectivity index (χ2n) is 12.5. The number of halogens is 1. The zero-order valence-corrected chi connectivity index (χ0v) is 28.2. The molecule has 6 unspecified atom stereocenters. The van der Waals surface area contributed by atoms with Gasteiger partial charge >= 0.3 is 0 Å². The van der Waals surface area contributed by atoms with E-state index >= 15 is 0 Å². The van der Waals surface area contributed by atoms with Gasteiger partial charge in [-0.1, -0.05) is 48.0 Å². The molecule has 1 aromatic carbocycles. The minimum atomic E-state index is -1.18. The number of aromatic nitrogens is 3. The highest BCUT2D eigenvalue weighted by Crippen LogP contribution is 2.63. The lowest BCUT2D eigenvalue weighted by molar-refractivity contribution is -0.252. The molecule has 2 heterocycles. The minimum Gasteiger partial charge on any atom is -0.490 e. The van der Waals surface area contributed by atoms with Crippen molar-refractivity contribution in [2.45, 2.75) is 75.5 Å². The molecule has 0 spiro atoms. The molecule has 6 atom stereocenters. The fourth-order valence-electron chi connectivity index (χ4n) is 7.89. The van der Waals surface area contributed by atoms with Crippen molar-refractivity contribution < 1.29 is 29.3 Å². The summed E-state index contributed by atoms with van der Waals surface area (Å²) in [5.74, 6) is 0.880. The maximum absolute atomic E-state index is 9.77. The SMILES string of the molecule is C=CCOc1ccc2c(c1)C1C(CCCCO)C(CCCCO)C=C3C(=NOC)CC(n4nncc4CCCCl)C(OCC=C)(O2)C31. The maximum Gasteiger partial charge on any atom is 0.241 e. The average Bonchev–Trinajstić information content (AvgIpc) is 3.55. The molecule has 2 aromatic rings. The fraction of sp³-hybridized carbons (Fsp3) is 0.583. The van der Waals surface area contributed by atoms with Crippen LogP contribution in [0.25, 0.3) is 0 Å². The molecule has 5 rings (SSSR count). The fourth-order valence-corrected chi connectivity index (χ4v) is 8.02. The highest BCUT2D eigenvalue weighted by Gasteiger charge is 2.65. The molecule has 3 aliphatic rings. The van der Waals surface area contributed by atoms with Gasteiger partial charge < -0.3 is 29.3 Å². The zero-order valence-electron chi connectivity index (χ0n) is 27.4. The quantitative estimate of drug-likeness (QED) is 0.0792. The average molecular weight is 669 g/mol. The Morgan fingerprint density at radius 1 is 1.11 bits per heavy atom. The number of rotatable bonds is 19. The van der Waals surface area contributed by atoms with E-state index in [4.69, 9.17) is 30.6 Å². The molecule has 1 aliphatic heterocycles. The standard InChI is InChI=1S/C36H49ClN4O6/c1-4-19-45-27-14-15-32-30(22-27)34-28(13-7-9-18-43)25(11-6-8-17-42)21-29-31(39-44-3)23-33(36(47-32,35(29)34)46-20-5-2)41-26(12-10-16-37)24-38-40-41/h4-5,14-15,21-22,24-25,28,33-35,42-43H,1-2,6-13,16-20,23H2,3H3. The van der Waals surface area contributed by atoms with Gasteiger partial charge in [0, 0.05) is 37.0 Å². The van der Waals surface area contributed by atoms with Crippen molar-refractivity contribution in [3.63, 3.8) is 0 Å². The van der Waals surface area contributed by atoms with Crippen LogP contribution in [0.5, 0.6) is 11.5 Å². The van der Waals surface area contributed by atoms with Gasteiger partial charge in [0.1, 0.15) is 31.3 Å². The van der Waals surface area contributed by atoms with E-state index in [0.717, 1.165) is 79.0 Å². The molecule has 11 heteroatoms. The lowest BCUT2D eigenvalue weighted by atomic mass is 9.55. The first kappa shape index (κ1) is 35.1. The molecule has 10 nitrogen and oxygen atoms in total. The van der Waals surface area contributed by atoms with Crippen molar-refractivity contribution in [1.82, 2.24) is 15.0 Å². The molecule has 1 aromatic heterocycles. The summed E-state index contributed by atoms with van der Waals surface area (Å²) in [6, 6.07) is 5.59. The smallest absolute Gasteiger partial charge is 0.241 e. The van der Waals surface area contributed by atoms with Crippen LogP contribution in [0.4, 0.5) is 0 Å². The third-order valence-corrected chi connectivity index (χ3v) is 9.99. The van der Waals surface area contributed by atoms with Crippen LogP contribution in [-0.4, -0.2) is 76.1 Å². The van der Waals surface area contributed by atoms with Crippen LogP contribution in [0.3, 0.4) is 0 Å². The van der Waals surface area contributed by atoms with Gasteiger partial charge in [0.05, 0.1) is 30.1 Å². The Morgan fingerprint density at radius 3 is 2.62 bits per heavy atom. The van der Waals surface area contributed by atoms with Crippen molar-refractivity contribution in [3.8, 4) is 11.5 Å². The van der Waals surface area contributed by atoms with E-state index in [1.165, 1.54) is 0 Å². The number of benzene rings is 1. The summed E-state index contributed by atoms with van der Waals surface area (Å²) in [6.45, 7) is 8.77. The Morgan fingerprint density at radius 2 is 1.89 bits per heavy atom. The summed E-state index contributed by atoms with van der Waals surface area (Å²) >= 11 is 6.12. The predicted molar refractivity (Wildman–Crippen MR) is 182 cm³/mol. The van der Waals surface area contributed by atoms with Gasteiger partial charge in [-0.3, -0.25) is 0 Å². The van der Waals surface area contributed by atoms with E-state index in [1.807, 2.05) is 16.8 Å². The number of unbranched alkanes of at least 4 members (excludes halogenated alkanes) is 2. The summed E-state index contributed by atoms with van der Waals surface area (Å²) in [5, 5.41) is 33.0. The molecule has 0 amide bonds. The minimum absolute atomic E-state index is 0.0478. The Kier molecular flexibility index (Phi) is 12.5. The van der Waals surface area contributed by atoms with E-state index in [9.17, 15) is 10.2 Å². The van der Waals surface area contributed by atoms with Crippen molar-refractivity contribution in [2.24, 2.45) is 22.9 Å². The van der Waals surface area contributed by atoms with E-state index in [-0.39, 0.29) is 43.5 Å². The first-order valence-corrected chi connectivity index (χ1v) is 17.4. The lowest BCUT2D eigenvalue weighted by Crippen LogP contribution is -2.63. The van der Waals surface area contributed by atoms with Crippen LogP contribution in [0.2, 0.25) is 0 Å². The van der Waals surface area contributed by atoms with Gasteiger partial charge in [0.15, 0.2) is 0 Å². The molecule has 1 fully saturated rings. The largest absolute Gasteiger partial charge is 0.490 e.